The maximum Gasteiger partial charge on any atom is 0.326 e. The van der Waals surface area contributed by atoms with Crippen molar-refractivity contribution in [3.05, 3.63) is 0 Å². The Morgan fingerprint density at radius 1 is 0.968 bits per heavy atom. The van der Waals surface area contributed by atoms with Gasteiger partial charge >= 0.3 is 5.97 Å². The summed E-state index contributed by atoms with van der Waals surface area (Å²) in [4.78, 5) is 51.5. The molecule has 1 heterocycles. The first-order valence-electron chi connectivity index (χ1n) is 11.2. The highest BCUT2D eigenvalue weighted by molar-refractivity contribution is 5.94. The van der Waals surface area contributed by atoms with Gasteiger partial charge in [-0.25, -0.2) is 4.79 Å². The maximum atomic E-state index is 13.1. The average molecular weight is 441 g/mol. The van der Waals surface area contributed by atoms with Crippen LogP contribution in [0.15, 0.2) is 0 Å². The number of nitrogens with zero attached hydrogens (tertiary/aromatic N) is 1. The Morgan fingerprint density at radius 2 is 1.55 bits per heavy atom. The summed E-state index contributed by atoms with van der Waals surface area (Å²) < 4.78 is 0. The van der Waals surface area contributed by atoms with Crippen LogP contribution in [0.2, 0.25) is 0 Å². The molecule has 1 fully saturated rings. The lowest BCUT2D eigenvalue weighted by Crippen LogP contribution is -2.58. The van der Waals surface area contributed by atoms with Gasteiger partial charge in [-0.15, -0.1) is 0 Å². The van der Waals surface area contributed by atoms with Crippen molar-refractivity contribution in [2.24, 2.45) is 23.5 Å². The summed E-state index contributed by atoms with van der Waals surface area (Å²) in [5, 5.41) is 14.9. The Kier molecular flexibility index (Phi) is 10.4. The second kappa shape index (κ2) is 12.0. The predicted octanol–water partition coefficient (Wildman–Crippen LogP) is 1.11. The Morgan fingerprint density at radius 3 is 2.03 bits per heavy atom. The highest BCUT2D eigenvalue weighted by Crippen LogP contribution is 2.20. The summed E-state index contributed by atoms with van der Waals surface area (Å²) in [6.07, 6.45) is 1.89. The predicted molar refractivity (Wildman–Crippen MR) is 118 cm³/mol. The fourth-order valence-electron chi connectivity index (χ4n) is 3.85. The van der Waals surface area contributed by atoms with E-state index in [0.717, 1.165) is 0 Å². The molecule has 178 valence electrons. The topological polar surface area (TPSA) is 142 Å². The number of hydrogen-bond donors (Lipinski definition) is 4. The van der Waals surface area contributed by atoms with E-state index in [1.54, 1.807) is 13.8 Å². The van der Waals surface area contributed by atoms with Crippen LogP contribution in [0.25, 0.3) is 0 Å². The Balaban J connectivity index is 2.95. The number of hydrogen-bond acceptors (Lipinski definition) is 5. The standard InChI is InChI=1S/C22H40N4O5/c1-12(2)10-15(23)19(27)25-18(14(5)6)20(28)24-16(11-13(3)4)21(29)26-9-7-8-17(26)22(30)31/h12-18H,7-11,23H2,1-6H3,(H,24,28)(H,25,27)(H,30,31). The van der Waals surface area contributed by atoms with Crippen LogP contribution in [0.1, 0.15) is 67.2 Å². The fraction of sp³-hybridized carbons (Fsp3) is 0.818. The molecule has 1 rings (SSSR count). The van der Waals surface area contributed by atoms with Gasteiger partial charge in [0.25, 0.3) is 0 Å². The van der Waals surface area contributed by atoms with Crippen molar-refractivity contribution in [1.82, 2.24) is 15.5 Å². The monoisotopic (exact) mass is 440 g/mol. The van der Waals surface area contributed by atoms with Crippen LogP contribution in [0.3, 0.4) is 0 Å². The molecule has 9 heteroatoms. The molecular formula is C22H40N4O5. The van der Waals surface area contributed by atoms with Crippen LogP contribution >= 0.6 is 0 Å². The molecule has 31 heavy (non-hydrogen) atoms. The van der Waals surface area contributed by atoms with Crippen molar-refractivity contribution in [1.29, 1.82) is 0 Å². The van der Waals surface area contributed by atoms with Crippen LogP contribution in [-0.4, -0.2) is 64.4 Å². The van der Waals surface area contributed by atoms with Gasteiger partial charge in [-0.3, -0.25) is 14.4 Å². The van der Waals surface area contributed by atoms with E-state index in [9.17, 15) is 24.3 Å². The van der Waals surface area contributed by atoms with E-state index in [4.69, 9.17) is 5.73 Å². The number of carbonyl (C=O) groups excluding carboxylic acids is 3. The summed E-state index contributed by atoms with van der Waals surface area (Å²) in [7, 11) is 0. The number of likely N-dealkylation sites (tertiary alicyclic amines) is 1. The number of nitrogens with two attached hydrogens (primary N) is 1. The van der Waals surface area contributed by atoms with Crippen LogP contribution < -0.4 is 16.4 Å². The van der Waals surface area contributed by atoms with Crippen LogP contribution in [-0.2, 0) is 19.2 Å². The number of carboxylic acids is 1. The van der Waals surface area contributed by atoms with Crippen molar-refractivity contribution in [2.45, 2.75) is 91.4 Å². The maximum absolute atomic E-state index is 13.1. The van der Waals surface area contributed by atoms with Crippen molar-refractivity contribution < 1.29 is 24.3 Å². The summed E-state index contributed by atoms with van der Waals surface area (Å²) >= 11 is 0. The number of aliphatic carboxylic acids is 1. The first-order chi connectivity index (χ1) is 14.3. The van der Waals surface area contributed by atoms with Crippen LogP contribution in [0, 0.1) is 17.8 Å². The summed E-state index contributed by atoms with van der Waals surface area (Å²) in [6, 6.07) is -3.28. The van der Waals surface area contributed by atoms with Gasteiger partial charge in [0.05, 0.1) is 6.04 Å². The molecule has 0 aliphatic carbocycles. The van der Waals surface area contributed by atoms with E-state index >= 15 is 0 Å². The minimum Gasteiger partial charge on any atom is -0.480 e. The molecule has 0 saturated carbocycles. The molecular weight excluding hydrogens is 400 g/mol. The Bertz CT molecular complexity index is 650. The normalized spacial score (nSPS) is 19.4. The van der Waals surface area contributed by atoms with E-state index in [2.05, 4.69) is 10.6 Å². The molecule has 4 unspecified atom stereocenters. The molecule has 5 N–H and O–H groups in total. The van der Waals surface area contributed by atoms with Crippen molar-refractivity contribution in [3.63, 3.8) is 0 Å². The van der Waals surface area contributed by atoms with Gasteiger partial charge in [-0.1, -0.05) is 41.5 Å². The average Bonchev–Trinajstić information content (AvgIpc) is 3.13. The SMILES string of the molecule is CC(C)CC(N)C(=O)NC(C(=O)NC(CC(C)C)C(=O)N1CCCC1C(=O)O)C(C)C. The Labute approximate surface area is 185 Å². The van der Waals surface area contributed by atoms with Gasteiger partial charge in [0.1, 0.15) is 18.1 Å². The minimum absolute atomic E-state index is 0.103. The second-order valence-electron chi connectivity index (χ2n) is 9.68. The minimum atomic E-state index is -1.04. The smallest absolute Gasteiger partial charge is 0.326 e. The number of carbonyl (C=O) groups is 4. The largest absolute Gasteiger partial charge is 0.480 e. The number of carboxylic acid groups (broad SMARTS) is 1. The zero-order chi connectivity index (χ0) is 23.9. The molecule has 0 aromatic heterocycles. The zero-order valence-corrected chi connectivity index (χ0v) is 19.7. The lowest BCUT2D eigenvalue weighted by Gasteiger charge is -2.30. The van der Waals surface area contributed by atoms with Gasteiger partial charge in [-0.2, -0.15) is 0 Å². The number of amides is 3. The van der Waals surface area contributed by atoms with Gasteiger partial charge in [-0.05, 0) is 43.4 Å². The van der Waals surface area contributed by atoms with E-state index in [0.29, 0.717) is 32.2 Å². The highest BCUT2D eigenvalue weighted by atomic mass is 16.4. The third kappa shape index (κ3) is 8.12. The van der Waals surface area contributed by atoms with E-state index in [1.807, 2.05) is 27.7 Å². The molecule has 1 saturated heterocycles. The first-order valence-corrected chi connectivity index (χ1v) is 11.2. The quantitative estimate of drug-likeness (QED) is 0.379. The highest BCUT2D eigenvalue weighted by Gasteiger charge is 2.38. The molecule has 0 aromatic carbocycles. The zero-order valence-electron chi connectivity index (χ0n) is 19.7. The third-order valence-electron chi connectivity index (χ3n) is 5.45. The molecule has 4 atom stereocenters. The summed E-state index contributed by atoms with van der Waals surface area (Å²) in [5.74, 6) is -2.17. The molecule has 1 aliphatic heterocycles. The molecule has 0 spiro atoms. The summed E-state index contributed by atoms with van der Waals surface area (Å²) in [6.45, 7) is 11.7. The van der Waals surface area contributed by atoms with Crippen molar-refractivity contribution >= 4 is 23.7 Å². The second-order valence-corrected chi connectivity index (χ2v) is 9.68. The fourth-order valence-corrected chi connectivity index (χ4v) is 3.85. The van der Waals surface area contributed by atoms with E-state index in [-0.39, 0.29) is 17.8 Å². The van der Waals surface area contributed by atoms with E-state index < -0.39 is 47.9 Å². The van der Waals surface area contributed by atoms with Crippen molar-refractivity contribution in [3.8, 4) is 0 Å². The molecule has 3 amide bonds. The van der Waals surface area contributed by atoms with Gasteiger partial charge in [0.15, 0.2) is 0 Å². The lowest BCUT2D eigenvalue weighted by atomic mass is 9.98. The number of rotatable bonds is 11. The third-order valence-corrected chi connectivity index (χ3v) is 5.45. The van der Waals surface area contributed by atoms with Crippen LogP contribution in [0.5, 0.6) is 0 Å². The van der Waals surface area contributed by atoms with Gasteiger partial charge in [0.2, 0.25) is 17.7 Å². The van der Waals surface area contributed by atoms with Crippen molar-refractivity contribution in [2.75, 3.05) is 6.54 Å². The molecule has 0 aromatic rings. The molecule has 0 radical (unpaired) electrons. The van der Waals surface area contributed by atoms with E-state index in [1.165, 1.54) is 4.90 Å². The lowest BCUT2D eigenvalue weighted by molar-refractivity contribution is -0.149. The van der Waals surface area contributed by atoms with Gasteiger partial charge in [0, 0.05) is 6.54 Å². The summed E-state index contributed by atoms with van der Waals surface area (Å²) in [5.41, 5.74) is 5.95. The molecule has 1 aliphatic rings. The number of nitrogens with one attached hydrogen (secondary N) is 2. The first kappa shape index (κ1) is 26.9. The molecule has 9 nitrogen and oxygen atoms in total. The van der Waals surface area contributed by atoms with Crippen LogP contribution in [0.4, 0.5) is 0 Å². The van der Waals surface area contributed by atoms with Gasteiger partial charge < -0.3 is 26.4 Å². The molecule has 0 bridgehead atoms. The Hall–Kier alpha value is -2.16.